The molecule has 0 bridgehead atoms. The number of hydrogen-bond donors (Lipinski definition) is 5. The van der Waals surface area contributed by atoms with Gasteiger partial charge in [0.1, 0.15) is 6.04 Å². The van der Waals surface area contributed by atoms with E-state index in [9.17, 15) is 19.2 Å². The van der Waals surface area contributed by atoms with Gasteiger partial charge in [-0.15, -0.1) is 0 Å². The first-order valence-corrected chi connectivity index (χ1v) is 5.65. The zero-order valence-electron chi connectivity index (χ0n) is 10.7. The number of likely N-dealkylation sites (N-methyl/N-ethyl adjacent to an activating group) is 1. The van der Waals surface area contributed by atoms with Crippen LogP contribution in [0.15, 0.2) is 0 Å². The van der Waals surface area contributed by atoms with Crippen LogP contribution in [0.5, 0.6) is 0 Å². The van der Waals surface area contributed by atoms with E-state index >= 15 is 0 Å². The van der Waals surface area contributed by atoms with Crippen molar-refractivity contribution in [1.29, 1.82) is 0 Å². The van der Waals surface area contributed by atoms with Gasteiger partial charge in [0.15, 0.2) is 0 Å². The highest BCUT2D eigenvalue weighted by Crippen LogP contribution is 1.97. The fourth-order valence-corrected chi connectivity index (χ4v) is 1.26. The smallest absolute Gasteiger partial charge is 0.243 e. The molecule has 0 unspecified atom stereocenters. The van der Waals surface area contributed by atoms with Gasteiger partial charge in [0.2, 0.25) is 23.6 Å². The second-order valence-electron chi connectivity index (χ2n) is 3.84. The molecular formula is C10H19N5O4. The molecule has 9 nitrogen and oxygen atoms in total. The molecule has 0 aliphatic carbocycles. The van der Waals surface area contributed by atoms with Crippen LogP contribution in [-0.2, 0) is 19.2 Å². The third kappa shape index (κ3) is 8.55. The molecular weight excluding hydrogens is 254 g/mol. The van der Waals surface area contributed by atoms with E-state index in [-0.39, 0.29) is 25.9 Å². The van der Waals surface area contributed by atoms with Gasteiger partial charge >= 0.3 is 0 Å². The SMILES string of the molecule is CNCC(=O)N[C@@H](CCC(N)=O)C(=O)NCC(N)=O. The van der Waals surface area contributed by atoms with Crippen LogP contribution in [0.2, 0.25) is 0 Å². The minimum atomic E-state index is -0.937. The topological polar surface area (TPSA) is 156 Å². The number of carbonyl (C=O) groups excluding carboxylic acids is 4. The van der Waals surface area contributed by atoms with E-state index in [1.54, 1.807) is 7.05 Å². The van der Waals surface area contributed by atoms with Gasteiger partial charge in [0.05, 0.1) is 13.1 Å². The maximum atomic E-state index is 11.7. The summed E-state index contributed by atoms with van der Waals surface area (Å²) in [5.41, 5.74) is 9.87. The van der Waals surface area contributed by atoms with Crippen LogP contribution in [-0.4, -0.2) is 49.8 Å². The van der Waals surface area contributed by atoms with Gasteiger partial charge in [-0.3, -0.25) is 19.2 Å². The molecule has 0 spiro atoms. The molecule has 108 valence electrons. The van der Waals surface area contributed by atoms with Crippen molar-refractivity contribution in [3.63, 3.8) is 0 Å². The second-order valence-corrected chi connectivity index (χ2v) is 3.84. The Morgan fingerprint density at radius 2 is 1.68 bits per heavy atom. The molecule has 19 heavy (non-hydrogen) atoms. The average Bonchev–Trinajstić information content (AvgIpc) is 2.31. The molecule has 0 heterocycles. The highest BCUT2D eigenvalue weighted by Gasteiger charge is 2.21. The van der Waals surface area contributed by atoms with Crippen molar-refractivity contribution in [3.8, 4) is 0 Å². The number of nitrogens with two attached hydrogens (primary N) is 2. The van der Waals surface area contributed by atoms with Crippen LogP contribution in [0.25, 0.3) is 0 Å². The first kappa shape index (κ1) is 16.8. The van der Waals surface area contributed by atoms with E-state index in [1.807, 2.05) is 0 Å². The maximum absolute atomic E-state index is 11.7. The van der Waals surface area contributed by atoms with Crippen LogP contribution in [0.4, 0.5) is 0 Å². The van der Waals surface area contributed by atoms with Crippen LogP contribution < -0.4 is 27.4 Å². The summed E-state index contributed by atoms with van der Waals surface area (Å²) in [6.45, 7) is -0.316. The summed E-state index contributed by atoms with van der Waals surface area (Å²) in [5.74, 6) is -2.30. The van der Waals surface area contributed by atoms with Crippen LogP contribution in [0.1, 0.15) is 12.8 Å². The number of primary amides is 2. The van der Waals surface area contributed by atoms with Crippen molar-refractivity contribution in [1.82, 2.24) is 16.0 Å². The van der Waals surface area contributed by atoms with Gasteiger partial charge in [-0.2, -0.15) is 0 Å². The molecule has 1 atom stereocenters. The molecule has 0 aromatic rings. The maximum Gasteiger partial charge on any atom is 0.243 e. The molecule has 0 aromatic heterocycles. The average molecular weight is 273 g/mol. The second kappa shape index (κ2) is 8.86. The standard InChI is InChI=1S/C10H19N5O4/c1-13-5-9(18)15-6(2-3-7(11)16)10(19)14-4-8(12)17/h6,13H,2-5H2,1H3,(H2,11,16)(H2,12,17)(H,14,19)(H,15,18)/t6-/m0/s1. The molecule has 0 saturated heterocycles. The zero-order valence-corrected chi connectivity index (χ0v) is 10.7. The first-order valence-electron chi connectivity index (χ1n) is 5.65. The lowest BCUT2D eigenvalue weighted by molar-refractivity contribution is -0.130. The van der Waals surface area contributed by atoms with Crippen molar-refractivity contribution < 1.29 is 19.2 Å². The largest absolute Gasteiger partial charge is 0.370 e. The molecule has 7 N–H and O–H groups in total. The number of nitrogens with one attached hydrogen (secondary N) is 3. The van der Waals surface area contributed by atoms with Crippen molar-refractivity contribution in [2.75, 3.05) is 20.1 Å². The van der Waals surface area contributed by atoms with Gasteiger partial charge in [-0.25, -0.2) is 0 Å². The van der Waals surface area contributed by atoms with Gasteiger partial charge in [-0.05, 0) is 13.5 Å². The summed E-state index contributed by atoms with van der Waals surface area (Å²) in [6, 6.07) is -0.937. The minimum absolute atomic E-state index is 0.0240. The number of carbonyl (C=O) groups is 4. The quantitative estimate of drug-likeness (QED) is 0.295. The molecule has 0 fully saturated rings. The van der Waals surface area contributed by atoms with Crippen molar-refractivity contribution in [2.24, 2.45) is 11.5 Å². The number of amides is 4. The summed E-state index contributed by atoms with van der Waals surface area (Å²) in [7, 11) is 1.57. The van der Waals surface area contributed by atoms with Crippen LogP contribution in [0, 0.1) is 0 Å². The van der Waals surface area contributed by atoms with E-state index in [4.69, 9.17) is 11.5 Å². The van der Waals surface area contributed by atoms with Crippen LogP contribution >= 0.6 is 0 Å². The Morgan fingerprint density at radius 3 is 2.16 bits per heavy atom. The van der Waals surface area contributed by atoms with Gasteiger partial charge < -0.3 is 27.4 Å². The molecule has 0 rings (SSSR count). The van der Waals surface area contributed by atoms with Crippen molar-refractivity contribution in [2.45, 2.75) is 18.9 Å². The molecule has 0 saturated carbocycles. The number of rotatable bonds is 9. The fraction of sp³-hybridized carbons (Fsp3) is 0.600. The van der Waals surface area contributed by atoms with E-state index in [1.165, 1.54) is 0 Å². The summed E-state index contributed by atoms with van der Waals surface area (Å²) in [5, 5.41) is 7.29. The van der Waals surface area contributed by atoms with Gasteiger partial charge in [0, 0.05) is 6.42 Å². The summed E-state index contributed by atoms with van der Waals surface area (Å²) >= 11 is 0. The molecule has 0 aliphatic heterocycles. The third-order valence-electron chi connectivity index (χ3n) is 2.11. The lowest BCUT2D eigenvalue weighted by Gasteiger charge is -2.17. The minimum Gasteiger partial charge on any atom is -0.370 e. The highest BCUT2D eigenvalue weighted by atomic mass is 16.2. The Balaban J connectivity index is 4.46. The van der Waals surface area contributed by atoms with E-state index in [2.05, 4.69) is 16.0 Å². The van der Waals surface area contributed by atoms with E-state index in [0.717, 1.165) is 0 Å². The summed E-state index contributed by atoms with van der Waals surface area (Å²) in [6.07, 6.45) is -0.0100. The van der Waals surface area contributed by atoms with Crippen LogP contribution in [0.3, 0.4) is 0 Å². The predicted octanol–water partition coefficient (Wildman–Crippen LogP) is -3.44. The Hall–Kier alpha value is -2.16. The Bertz CT molecular complexity index is 358. The van der Waals surface area contributed by atoms with Crippen molar-refractivity contribution >= 4 is 23.6 Å². The lowest BCUT2D eigenvalue weighted by atomic mass is 10.1. The number of hydrogen-bond acceptors (Lipinski definition) is 5. The first-order chi connectivity index (χ1) is 8.86. The monoisotopic (exact) mass is 273 g/mol. The van der Waals surface area contributed by atoms with E-state index < -0.39 is 29.7 Å². The van der Waals surface area contributed by atoms with Crippen molar-refractivity contribution in [3.05, 3.63) is 0 Å². The molecule has 9 heteroatoms. The van der Waals surface area contributed by atoms with Gasteiger partial charge in [0.25, 0.3) is 0 Å². The third-order valence-corrected chi connectivity index (χ3v) is 2.11. The summed E-state index contributed by atoms with van der Waals surface area (Å²) < 4.78 is 0. The molecule has 4 amide bonds. The lowest BCUT2D eigenvalue weighted by Crippen LogP contribution is -2.50. The Morgan fingerprint density at radius 1 is 1.05 bits per heavy atom. The van der Waals surface area contributed by atoms with E-state index in [0.29, 0.717) is 0 Å². The highest BCUT2D eigenvalue weighted by molar-refractivity contribution is 5.91. The Labute approximate surface area is 110 Å². The zero-order chi connectivity index (χ0) is 14.8. The molecule has 0 radical (unpaired) electrons. The normalized spacial score (nSPS) is 11.4. The Kier molecular flexibility index (Phi) is 7.85. The molecule has 0 aromatic carbocycles. The predicted molar refractivity (Wildman–Crippen MR) is 66.5 cm³/mol. The fourth-order valence-electron chi connectivity index (χ4n) is 1.26. The van der Waals surface area contributed by atoms with Gasteiger partial charge in [-0.1, -0.05) is 0 Å². The molecule has 0 aliphatic rings. The summed E-state index contributed by atoms with van der Waals surface area (Å²) in [4.78, 5) is 44.3.